The van der Waals surface area contributed by atoms with Crippen LogP contribution in [0.25, 0.3) is 0 Å². The Morgan fingerprint density at radius 2 is 1.66 bits per heavy atom. The van der Waals surface area contributed by atoms with Gasteiger partial charge in [-0.15, -0.1) is 0 Å². The van der Waals surface area contributed by atoms with Crippen molar-refractivity contribution in [2.24, 2.45) is 0 Å². The molecule has 7 heteroatoms. The molecule has 0 spiro atoms. The van der Waals surface area contributed by atoms with Gasteiger partial charge in [0.15, 0.2) is 0 Å². The summed E-state index contributed by atoms with van der Waals surface area (Å²) in [6.45, 7) is 5.71. The van der Waals surface area contributed by atoms with Crippen LogP contribution in [0.5, 0.6) is 0 Å². The van der Waals surface area contributed by atoms with Crippen LogP contribution in [0.3, 0.4) is 0 Å². The molecule has 2 aromatic rings. The summed E-state index contributed by atoms with van der Waals surface area (Å²) in [6, 6.07) is 10.2. The average molecular weight is 439 g/mol. The van der Waals surface area contributed by atoms with E-state index in [0.29, 0.717) is 21.2 Å². The molecule has 1 N–H and O–H groups in total. The molecule has 0 aliphatic heterocycles. The zero-order valence-electron chi connectivity index (χ0n) is 16.7. The van der Waals surface area contributed by atoms with Gasteiger partial charge >= 0.3 is 0 Å². The van der Waals surface area contributed by atoms with Gasteiger partial charge in [-0.05, 0) is 55.7 Å². The van der Waals surface area contributed by atoms with Crippen molar-refractivity contribution in [3.8, 4) is 0 Å². The van der Waals surface area contributed by atoms with Crippen LogP contribution < -0.4 is 5.32 Å². The van der Waals surface area contributed by atoms with E-state index < -0.39 is 6.04 Å². The molecule has 2 amide bonds. The van der Waals surface area contributed by atoms with Crippen molar-refractivity contribution >= 4 is 35.0 Å². The van der Waals surface area contributed by atoms with Gasteiger partial charge in [-0.1, -0.05) is 48.3 Å². The Kier molecular flexibility index (Phi) is 8.47. The van der Waals surface area contributed by atoms with Crippen molar-refractivity contribution in [3.63, 3.8) is 0 Å². The minimum Gasteiger partial charge on any atom is -0.352 e. The van der Waals surface area contributed by atoms with Crippen LogP contribution in [-0.4, -0.2) is 28.8 Å². The lowest BCUT2D eigenvalue weighted by Gasteiger charge is -2.30. The minimum absolute atomic E-state index is 0.00858. The van der Waals surface area contributed by atoms with Crippen LogP contribution >= 0.6 is 23.2 Å². The van der Waals surface area contributed by atoms with Gasteiger partial charge in [-0.25, -0.2) is 4.39 Å². The first kappa shape index (κ1) is 23.2. The number of hydrogen-bond donors (Lipinski definition) is 1. The molecule has 2 rings (SSSR count). The SMILES string of the molecule is CC[C@@H](C)NC(=O)[C@H](C)N(Cc1ccc(F)cc1)C(=O)Cc1c(Cl)cccc1Cl. The van der Waals surface area contributed by atoms with Gasteiger partial charge in [0.1, 0.15) is 11.9 Å². The number of carbonyl (C=O) groups excluding carboxylic acids is 2. The molecule has 29 heavy (non-hydrogen) atoms. The van der Waals surface area contributed by atoms with E-state index in [2.05, 4.69) is 5.32 Å². The minimum atomic E-state index is -0.720. The molecule has 156 valence electrons. The summed E-state index contributed by atoms with van der Waals surface area (Å²) < 4.78 is 13.3. The average Bonchev–Trinajstić information content (AvgIpc) is 2.69. The second kappa shape index (κ2) is 10.6. The summed E-state index contributed by atoms with van der Waals surface area (Å²) >= 11 is 12.4. The molecule has 0 radical (unpaired) electrons. The molecular weight excluding hydrogens is 414 g/mol. The number of nitrogens with zero attached hydrogens (tertiary/aromatic N) is 1. The highest BCUT2D eigenvalue weighted by molar-refractivity contribution is 6.36. The van der Waals surface area contributed by atoms with Crippen molar-refractivity contribution in [1.82, 2.24) is 10.2 Å². The maximum atomic E-state index is 13.3. The summed E-state index contributed by atoms with van der Waals surface area (Å²) in [5.41, 5.74) is 1.23. The lowest BCUT2D eigenvalue weighted by Crippen LogP contribution is -2.49. The van der Waals surface area contributed by atoms with Crippen LogP contribution in [0.15, 0.2) is 42.5 Å². The molecule has 4 nitrogen and oxygen atoms in total. The fraction of sp³-hybridized carbons (Fsp3) is 0.364. The maximum Gasteiger partial charge on any atom is 0.242 e. The Bertz CT molecular complexity index is 838. The Balaban J connectivity index is 2.28. The first-order chi connectivity index (χ1) is 13.7. The third kappa shape index (κ3) is 6.44. The predicted octanol–water partition coefficient (Wildman–Crippen LogP) is 5.01. The van der Waals surface area contributed by atoms with E-state index in [4.69, 9.17) is 23.2 Å². The van der Waals surface area contributed by atoms with E-state index in [1.54, 1.807) is 37.3 Å². The topological polar surface area (TPSA) is 49.4 Å². The zero-order chi connectivity index (χ0) is 21.6. The van der Waals surface area contributed by atoms with Crippen molar-refractivity contribution in [3.05, 3.63) is 69.5 Å². The largest absolute Gasteiger partial charge is 0.352 e. The second-order valence-electron chi connectivity index (χ2n) is 7.02. The number of amides is 2. The normalized spacial score (nSPS) is 12.9. The van der Waals surface area contributed by atoms with E-state index in [9.17, 15) is 14.0 Å². The summed E-state index contributed by atoms with van der Waals surface area (Å²) in [4.78, 5) is 27.3. The van der Waals surface area contributed by atoms with E-state index in [0.717, 1.165) is 6.42 Å². The smallest absolute Gasteiger partial charge is 0.242 e. The highest BCUT2D eigenvalue weighted by atomic mass is 35.5. The van der Waals surface area contributed by atoms with E-state index in [-0.39, 0.29) is 36.6 Å². The molecule has 0 aliphatic carbocycles. The summed E-state index contributed by atoms with van der Waals surface area (Å²) in [6.07, 6.45) is 0.736. The number of nitrogens with one attached hydrogen (secondary N) is 1. The molecular formula is C22H25Cl2FN2O2. The second-order valence-corrected chi connectivity index (χ2v) is 7.83. The summed E-state index contributed by atoms with van der Waals surface area (Å²) in [5, 5.41) is 3.69. The number of rotatable bonds is 8. The monoisotopic (exact) mass is 438 g/mol. The molecule has 0 aliphatic rings. The van der Waals surface area contributed by atoms with Crippen molar-refractivity contribution in [2.75, 3.05) is 0 Å². The molecule has 0 bridgehead atoms. The first-order valence-corrected chi connectivity index (χ1v) is 10.3. The fourth-order valence-electron chi connectivity index (χ4n) is 2.79. The molecule has 0 saturated heterocycles. The summed E-state index contributed by atoms with van der Waals surface area (Å²) in [5.74, 6) is -0.909. The zero-order valence-corrected chi connectivity index (χ0v) is 18.2. The van der Waals surface area contributed by atoms with Gasteiger partial charge in [0, 0.05) is 22.6 Å². The van der Waals surface area contributed by atoms with Gasteiger partial charge in [0.25, 0.3) is 0 Å². The van der Waals surface area contributed by atoms with Crippen LogP contribution in [0.1, 0.15) is 38.3 Å². The third-order valence-electron chi connectivity index (χ3n) is 4.82. The lowest BCUT2D eigenvalue weighted by molar-refractivity contribution is -0.140. The standard InChI is InChI=1S/C22H25Cl2FN2O2/c1-4-14(2)26-22(29)15(3)27(13-16-8-10-17(25)11-9-16)21(28)12-18-19(23)6-5-7-20(18)24/h5-11,14-15H,4,12-13H2,1-3H3,(H,26,29)/t14-,15+/m1/s1. The lowest BCUT2D eigenvalue weighted by atomic mass is 10.1. The van der Waals surface area contributed by atoms with Gasteiger partial charge in [0.05, 0.1) is 6.42 Å². The summed E-state index contributed by atoms with van der Waals surface area (Å²) in [7, 11) is 0. The van der Waals surface area contributed by atoms with Gasteiger partial charge < -0.3 is 10.2 Å². The first-order valence-electron chi connectivity index (χ1n) is 9.50. The predicted molar refractivity (Wildman–Crippen MR) is 114 cm³/mol. The van der Waals surface area contributed by atoms with Gasteiger partial charge in [0.2, 0.25) is 11.8 Å². The van der Waals surface area contributed by atoms with Gasteiger partial charge in [-0.3, -0.25) is 9.59 Å². The molecule has 0 unspecified atom stereocenters. The molecule has 0 fully saturated rings. The van der Waals surface area contributed by atoms with Crippen LogP contribution in [-0.2, 0) is 22.6 Å². The van der Waals surface area contributed by atoms with E-state index in [1.807, 2.05) is 13.8 Å². The van der Waals surface area contributed by atoms with E-state index in [1.165, 1.54) is 17.0 Å². The Hall–Kier alpha value is -2.11. The highest BCUT2D eigenvalue weighted by Crippen LogP contribution is 2.26. The third-order valence-corrected chi connectivity index (χ3v) is 5.53. The number of hydrogen-bond acceptors (Lipinski definition) is 2. The molecule has 0 aromatic heterocycles. The quantitative estimate of drug-likeness (QED) is 0.629. The van der Waals surface area contributed by atoms with Crippen molar-refractivity contribution < 1.29 is 14.0 Å². The Labute approximate surface area is 181 Å². The van der Waals surface area contributed by atoms with Crippen molar-refractivity contribution in [2.45, 2.75) is 52.2 Å². The Morgan fingerprint density at radius 3 is 2.21 bits per heavy atom. The number of halogens is 3. The van der Waals surface area contributed by atoms with E-state index >= 15 is 0 Å². The number of carbonyl (C=O) groups is 2. The molecule has 0 saturated carbocycles. The van der Waals surface area contributed by atoms with Crippen LogP contribution in [0, 0.1) is 5.82 Å². The van der Waals surface area contributed by atoms with Gasteiger partial charge in [-0.2, -0.15) is 0 Å². The maximum absolute atomic E-state index is 13.3. The Morgan fingerprint density at radius 1 is 1.07 bits per heavy atom. The highest BCUT2D eigenvalue weighted by Gasteiger charge is 2.27. The van der Waals surface area contributed by atoms with Crippen LogP contribution in [0.4, 0.5) is 4.39 Å². The molecule has 2 aromatic carbocycles. The molecule has 2 atom stereocenters. The fourth-order valence-corrected chi connectivity index (χ4v) is 3.32. The van der Waals surface area contributed by atoms with Crippen LogP contribution in [0.2, 0.25) is 10.0 Å². The van der Waals surface area contributed by atoms with Crippen molar-refractivity contribution in [1.29, 1.82) is 0 Å². The number of benzene rings is 2. The molecule has 0 heterocycles.